The van der Waals surface area contributed by atoms with Crippen LogP contribution in [0.15, 0.2) is 18.2 Å². The molecule has 1 unspecified atom stereocenters. The van der Waals surface area contributed by atoms with Crippen LogP contribution in [0.1, 0.15) is 38.3 Å². The first-order valence-corrected chi connectivity index (χ1v) is 5.27. The fourth-order valence-electron chi connectivity index (χ4n) is 1.92. The maximum Gasteiger partial charge on any atom is 0.126 e. The van der Waals surface area contributed by atoms with Gasteiger partial charge >= 0.3 is 0 Å². The van der Waals surface area contributed by atoms with E-state index < -0.39 is 0 Å². The Labute approximate surface area is 90.9 Å². The van der Waals surface area contributed by atoms with E-state index in [9.17, 15) is 9.50 Å². The molecule has 1 aromatic carbocycles. The Morgan fingerprint density at radius 2 is 2.00 bits per heavy atom. The molecule has 0 spiro atoms. The molecule has 1 atom stereocenters. The number of hydrogen-bond donors (Lipinski definition) is 1. The van der Waals surface area contributed by atoms with E-state index >= 15 is 0 Å². The third kappa shape index (κ3) is 3.03. The largest absolute Gasteiger partial charge is 0.393 e. The molecular weight excluding hydrogens is 191 g/mol. The lowest BCUT2D eigenvalue weighted by Crippen LogP contribution is -2.23. The molecule has 1 aromatic rings. The van der Waals surface area contributed by atoms with Gasteiger partial charge in [0.15, 0.2) is 0 Å². The quantitative estimate of drug-likeness (QED) is 0.812. The van der Waals surface area contributed by atoms with E-state index in [0.717, 1.165) is 5.56 Å². The van der Waals surface area contributed by atoms with Gasteiger partial charge in [-0.25, -0.2) is 4.39 Å². The Morgan fingerprint density at radius 1 is 1.40 bits per heavy atom. The molecule has 1 nitrogen and oxygen atoms in total. The average Bonchev–Trinajstić information content (AvgIpc) is 2.07. The summed E-state index contributed by atoms with van der Waals surface area (Å²) in [5.41, 5.74) is 1.61. The second kappa shape index (κ2) is 4.31. The van der Waals surface area contributed by atoms with Gasteiger partial charge in [-0.3, -0.25) is 0 Å². The number of hydrogen-bond acceptors (Lipinski definition) is 1. The minimum absolute atomic E-state index is 0.118. The molecule has 0 aliphatic carbocycles. The van der Waals surface area contributed by atoms with Crippen molar-refractivity contribution in [2.45, 2.75) is 45.6 Å². The molecule has 0 radical (unpaired) electrons. The van der Waals surface area contributed by atoms with Crippen molar-refractivity contribution < 1.29 is 9.50 Å². The van der Waals surface area contributed by atoms with Crippen LogP contribution in [0.25, 0.3) is 0 Å². The fraction of sp³-hybridized carbons (Fsp3) is 0.538. The smallest absolute Gasteiger partial charge is 0.126 e. The second-order valence-electron chi connectivity index (χ2n) is 4.90. The number of halogens is 1. The first-order chi connectivity index (χ1) is 6.83. The average molecular weight is 210 g/mol. The van der Waals surface area contributed by atoms with Crippen LogP contribution >= 0.6 is 0 Å². The van der Waals surface area contributed by atoms with Gasteiger partial charge < -0.3 is 5.11 Å². The monoisotopic (exact) mass is 210 g/mol. The summed E-state index contributed by atoms with van der Waals surface area (Å²) in [6, 6.07) is 5.15. The zero-order valence-electron chi connectivity index (χ0n) is 9.84. The lowest BCUT2D eigenvalue weighted by Gasteiger charge is -2.27. The molecule has 15 heavy (non-hydrogen) atoms. The van der Waals surface area contributed by atoms with Crippen LogP contribution in [-0.4, -0.2) is 11.2 Å². The van der Waals surface area contributed by atoms with Gasteiger partial charge in [-0.2, -0.15) is 0 Å². The van der Waals surface area contributed by atoms with Crippen molar-refractivity contribution in [3.63, 3.8) is 0 Å². The van der Waals surface area contributed by atoms with Crippen LogP contribution in [-0.2, 0) is 5.41 Å². The van der Waals surface area contributed by atoms with Crippen molar-refractivity contribution in [3.05, 3.63) is 35.1 Å². The zero-order chi connectivity index (χ0) is 11.6. The highest BCUT2D eigenvalue weighted by atomic mass is 19.1. The maximum atomic E-state index is 13.1. The minimum Gasteiger partial charge on any atom is -0.393 e. The zero-order valence-corrected chi connectivity index (χ0v) is 9.84. The number of benzene rings is 1. The Hall–Kier alpha value is -0.890. The molecule has 0 aliphatic heterocycles. The van der Waals surface area contributed by atoms with Crippen LogP contribution in [0.3, 0.4) is 0 Å². The minimum atomic E-state index is -0.342. The van der Waals surface area contributed by atoms with Gasteiger partial charge in [0.05, 0.1) is 6.10 Å². The number of aliphatic hydroxyl groups excluding tert-OH is 1. The van der Waals surface area contributed by atoms with Crippen LogP contribution in [0.4, 0.5) is 4.39 Å². The molecule has 0 amide bonds. The molecule has 2 heteroatoms. The number of rotatable bonds is 3. The third-order valence-electron chi connectivity index (χ3n) is 2.75. The molecular formula is C13H19FO. The summed E-state index contributed by atoms with van der Waals surface area (Å²) < 4.78 is 13.1. The van der Waals surface area contributed by atoms with E-state index in [0.29, 0.717) is 12.0 Å². The predicted molar refractivity (Wildman–Crippen MR) is 60.5 cm³/mol. The highest BCUT2D eigenvalue weighted by Crippen LogP contribution is 2.29. The van der Waals surface area contributed by atoms with Crippen molar-refractivity contribution in [1.82, 2.24) is 0 Å². The summed E-state index contributed by atoms with van der Waals surface area (Å²) in [5, 5.41) is 9.40. The van der Waals surface area contributed by atoms with Crippen molar-refractivity contribution in [2.24, 2.45) is 0 Å². The van der Waals surface area contributed by atoms with Crippen molar-refractivity contribution >= 4 is 0 Å². The highest BCUT2D eigenvalue weighted by Gasteiger charge is 2.23. The summed E-state index contributed by atoms with van der Waals surface area (Å²) in [6.45, 7) is 7.66. The number of aryl methyl sites for hydroxylation is 1. The van der Waals surface area contributed by atoms with Gasteiger partial charge in [0.25, 0.3) is 0 Å². The van der Waals surface area contributed by atoms with Gasteiger partial charge in [0.2, 0.25) is 0 Å². The molecule has 0 aliphatic rings. The molecule has 1 rings (SSSR count). The molecule has 1 N–H and O–H groups in total. The third-order valence-corrected chi connectivity index (χ3v) is 2.75. The molecule has 0 heterocycles. The SMILES string of the molecule is Cc1cc(C(C)(C)CC(C)O)ccc1F. The Kier molecular flexibility index (Phi) is 3.50. The molecule has 84 valence electrons. The molecule has 0 bridgehead atoms. The Bertz CT molecular complexity index is 342. The second-order valence-corrected chi connectivity index (χ2v) is 4.90. The summed E-state index contributed by atoms with van der Waals surface area (Å²) in [6.07, 6.45) is 0.336. The van der Waals surface area contributed by atoms with Crippen LogP contribution in [0.5, 0.6) is 0 Å². The Balaban J connectivity index is 2.99. The normalized spacial score (nSPS) is 14.0. The van der Waals surface area contributed by atoms with E-state index in [-0.39, 0.29) is 17.3 Å². The predicted octanol–water partition coefficient (Wildman–Crippen LogP) is 3.18. The first-order valence-electron chi connectivity index (χ1n) is 5.27. The molecule has 0 saturated heterocycles. The van der Waals surface area contributed by atoms with Crippen LogP contribution in [0.2, 0.25) is 0 Å². The van der Waals surface area contributed by atoms with Gasteiger partial charge in [0.1, 0.15) is 5.82 Å². The van der Waals surface area contributed by atoms with Crippen molar-refractivity contribution in [2.75, 3.05) is 0 Å². The van der Waals surface area contributed by atoms with Gasteiger partial charge in [-0.1, -0.05) is 26.0 Å². The van der Waals surface area contributed by atoms with E-state index in [1.807, 2.05) is 6.07 Å². The van der Waals surface area contributed by atoms with Gasteiger partial charge in [-0.15, -0.1) is 0 Å². The van der Waals surface area contributed by atoms with Crippen molar-refractivity contribution in [3.8, 4) is 0 Å². The van der Waals surface area contributed by atoms with E-state index in [1.165, 1.54) is 6.07 Å². The number of aliphatic hydroxyl groups is 1. The summed E-state index contributed by atoms with van der Waals surface area (Å²) in [7, 11) is 0. The van der Waals surface area contributed by atoms with Crippen molar-refractivity contribution in [1.29, 1.82) is 0 Å². The van der Waals surface area contributed by atoms with Gasteiger partial charge in [-0.05, 0) is 42.9 Å². The summed E-state index contributed by atoms with van der Waals surface area (Å²) >= 11 is 0. The van der Waals surface area contributed by atoms with E-state index in [1.54, 1.807) is 19.9 Å². The molecule has 0 fully saturated rings. The van der Waals surface area contributed by atoms with E-state index in [4.69, 9.17) is 0 Å². The van der Waals surface area contributed by atoms with Crippen LogP contribution < -0.4 is 0 Å². The topological polar surface area (TPSA) is 20.2 Å². The summed E-state index contributed by atoms with van der Waals surface area (Å²) in [4.78, 5) is 0. The summed E-state index contributed by atoms with van der Waals surface area (Å²) in [5.74, 6) is -0.174. The molecule has 0 saturated carbocycles. The van der Waals surface area contributed by atoms with Crippen LogP contribution in [0, 0.1) is 12.7 Å². The Morgan fingerprint density at radius 3 is 2.47 bits per heavy atom. The van der Waals surface area contributed by atoms with E-state index in [2.05, 4.69) is 13.8 Å². The maximum absolute atomic E-state index is 13.1. The lowest BCUT2D eigenvalue weighted by atomic mass is 9.79. The lowest BCUT2D eigenvalue weighted by molar-refractivity contribution is 0.157. The highest BCUT2D eigenvalue weighted by molar-refractivity contribution is 5.29. The fourth-order valence-corrected chi connectivity index (χ4v) is 1.92. The molecule has 0 aromatic heterocycles. The first kappa shape index (κ1) is 12.2. The van der Waals surface area contributed by atoms with Gasteiger partial charge in [0, 0.05) is 0 Å². The standard InChI is InChI=1S/C13H19FO/c1-9-7-11(5-6-12(9)14)13(3,4)8-10(2)15/h5-7,10,15H,8H2,1-4H3.